The van der Waals surface area contributed by atoms with Crippen molar-refractivity contribution in [1.82, 2.24) is 15.3 Å². The smallest absolute Gasteiger partial charge is 0.271 e. The lowest BCUT2D eigenvalue weighted by Gasteiger charge is -2.20. The summed E-state index contributed by atoms with van der Waals surface area (Å²) < 4.78 is 0. The highest BCUT2D eigenvalue weighted by Crippen LogP contribution is 2.26. The summed E-state index contributed by atoms with van der Waals surface area (Å²) >= 11 is 0. The van der Waals surface area contributed by atoms with Crippen molar-refractivity contribution in [2.24, 2.45) is 0 Å². The Hall–Kier alpha value is -2.76. The predicted molar refractivity (Wildman–Crippen MR) is 81.3 cm³/mol. The monoisotopic (exact) mass is 296 g/mol. The molecule has 6 heteroatoms. The number of aromatic nitrogens is 2. The molecule has 0 radical (unpaired) electrons. The summed E-state index contributed by atoms with van der Waals surface area (Å²) in [5.74, 6) is -0.212. The number of aryl methyl sites for hydroxylation is 1. The molecule has 3 rings (SSSR count). The van der Waals surface area contributed by atoms with Crippen molar-refractivity contribution in [2.45, 2.75) is 25.8 Å². The van der Waals surface area contributed by atoms with Gasteiger partial charge in [0.2, 0.25) is 5.91 Å². The average molecular weight is 296 g/mol. The second kappa shape index (κ2) is 5.93. The SMILES string of the molecule is CC(NC(=O)c1cnccn1)c1ccc2c(c1)CCC(=O)N2. The first-order valence-corrected chi connectivity index (χ1v) is 7.13. The molecule has 6 nitrogen and oxygen atoms in total. The number of carbonyl (C=O) groups excluding carboxylic acids is 2. The van der Waals surface area contributed by atoms with Gasteiger partial charge in [0.1, 0.15) is 5.69 Å². The van der Waals surface area contributed by atoms with Crippen LogP contribution in [0.3, 0.4) is 0 Å². The van der Waals surface area contributed by atoms with Gasteiger partial charge in [0.15, 0.2) is 0 Å². The van der Waals surface area contributed by atoms with E-state index in [2.05, 4.69) is 20.6 Å². The summed E-state index contributed by atoms with van der Waals surface area (Å²) in [6, 6.07) is 5.66. The summed E-state index contributed by atoms with van der Waals surface area (Å²) in [5.41, 5.74) is 3.23. The maximum Gasteiger partial charge on any atom is 0.271 e. The van der Waals surface area contributed by atoms with Gasteiger partial charge in [-0.2, -0.15) is 0 Å². The normalized spacial score (nSPS) is 14.7. The fraction of sp³-hybridized carbons (Fsp3) is 0.250. The number of nitrogens with zero attached hydrogens (tertiary/aromatic N) is 2. The zero-order chi connectivity index (χ0) is 15.5. The Morgan fingerprint density at radius 1 is 1.32 bits per heavy atom. The van der Waals surface area contributed by atoms with Crippen LogP contribution in [0.5, 0.6) is 0 Å². The first-order chi connectivity index (χ1) is 10.6. The standard InChI is InChI=1S/C16H16N4O2/c1-10(19-16(22)14-9-17-6-7-18-14)11-2-4-13-12(8-11)3-5-15(21)20-13/h2,4,6-10H,3,5H2,1H3,(H,19,22)(H,20,21). The molecule has 2 N–H and O–H groups in total. The summed E-state index contributed by atoms with van der Waals surface area (Å²) in [4.78, 5) is 31.3. The predicted octanol–water partition coefficient (Wildman–Crippen LogP) is 1.85. The molecular weight excluding hydrogens is 280 g/mol. The van der Waals surface area contributed by atoms with Crippen molar-refractivity contribution < 1.29 is 9.59 Å². The van der Waals surface area contributed by atoms with E-state index >= 15 is 0 Å². The van der Waals surface area contributed by atoms with Gasteiger partial charge in [0.05, 0.1) is 12.2 Å². The molecule has 0 saturated carbocycles. The van der Waals surface area contributed by atoms with Crippen molar-refractivity contribution in [3.05, 3.63) is 53.6 Å². The second-order valence-corrected chi connectivity index (χ2v) is 5.25. The average Bonchev–Trinajstić information content (AvgIpc) is 2.55. The van der Waals surface area contributed by atoms with Crippen LogP contribution in [-0.2, 0) is 11.2 Å². The zero-order valence-corrected chi connectivity index (χ0v) is 12.2. The Bertz CT molecular complexity index is 715. The molecule has 1 unspecified atom stereocenters. The number of benzene rings is 1. The summed E-state index contributed by atoms with van der Waals surface area (Å²) in [7, 11) is 0. The van der Waals surface area contributed by atoms with Gasteiger partial charge in [0.25, 0.3) is 5.91 Å². The van der Waals surface area contributed by atoms with Crippen LogP contribution in [-0.4, -0.2) is 21.8 Å². The minimum absolute atomic E-state index is 0.0456. The van der Waals surface area contributed by atoms with E-state index in [0.717, 1.165) is 23.2 Å². The first-order valence-electron chi connectivity index (χ1n) is 7.13. The van der Waals surface area contributed by atoms with Gasteiger partial charge in [-0.25, -0.2) is 4.98 Å². The highest BCUT2D eigenvalue weighted by atomic mass is 16.2. The molecule has 2 aromatic rings. The molecule has 1 aromatic heterocycles. The van der Waals surface area contributed by atoms with Crippen molar-refractivity contribution in [2.75, 3.05) is 5.32 Å². The van der Waals surface area contributed by atoms with Gasteiger partial charge in [-0.3, -0.25) is 14.6 Å². The molecule has 0 bridgehead atoms. The number of hydrogen-bond acceptors (Lipinski definition) is 4. The second-order valence-electron chi connectivity index (χ2n) is 5.25. The first kappa shape index (κ1) is 14.2. The zero-order valence-electron chi connectivity index (χ0n) is 12.2. The van der Waals surface area contributed by atoms with E-state index in [-0.39, 0.29) is 17.9 Å². The fourth-order valence-corrected chi connectivity index (χ4v) is 2.44. The highest BCUT2D eigenvalue weighted by Gasteiger charge is 2.17. The third kappa shape index (κ3) is 2.95. The van der Waals surface area contributed by atoms with Gasteiger partial charge in [-0.15, -0.1) is 0 Å². The lowest BCUT2D eigenvalue weighted by Crippen LogP contribution is -2.28. The molecule has 1 aromatic carbocycles. The van der Waals surface area contributed by atoms with E-state index in [1.165, 1.54) is 18.6 Å². The minimum atomic E-state index is -0.258. The molecule has 1 aliphatic rings. The Morgan fingerprint density at radius 2 is 2.18 bits per heavy atom. The fourth-order valence-electron chi connectivity index (χ4n) is 2.44. The minimum Gasteiger partial charge on any atom is -0.344 e. The van der Waals surface area contributed by atoms with Crippen LogP contribution in [0.2, 0.25) is 0 Å². The molecule has 1 aliphatic heterocycles. The molecule has 0 saturated heterocycles. The molecular formula is C16H16N4O2. The topological polar surface area (TPSA) is 84.0 Å². The van der Waals surface area contributed by atoms with E-state index in [4.69, 9.17) is 0 Å². The maximum absolute atomic E-state index is 12.1. The van der Waals surface area contributed by atoms with E-state index < -0.39 is 0 Å². The van der Waals surface area contributed by atoms with Crippen LogP contribution >= 0.6 is 0 Å². The third-order valence-electron chi connectivity index (χ3n) is 3.67. The molecule has 0 aliphatic carbocycles. The Labute approximate surface area is 128 Å². The van der Waals surface area contributed by atoms with E-state index in [1.807, 2.05) is 25.1 Å². The van der Waals surface area contributed by atoms with Crippen LogP contribution in [0.25, 0.3) is 0 Å². The molecule has 0 fully saturated rings. The third-order valence-corrected chi connectivity index (χ3v) is 3.67. The molecule has 2 amide bonds. The van der Waals surface area contributed by atoms with Gasteiger partial charge in [-0.05, 0) is 30.5 Å². The molecule has 2 heterocycles. The number of hydrogen-bond donors (Lipinski definition) is 2. The number of amides is 2. The van der Waals surface area contributed by atoms with Gasteiger partial charge in [-0.1, -0.05) is 12.1 Å². The molecule has 0 spiro atoms. The van der Waals surface area contributed by atoms with Crippen molar-refractivity contribution >= 4 is 17.5 Å². The summed E-state index contributed by atoms with van der Waals surface area (Å²) in [5, 5.41) is 5.75. The number of nitrogens with one attached hydrogen (secondary N) is 2. The number of fused-ring (bicyclic) bond motifs is 1. The van der Waals surface area contributed by atoms with Crippen LogP contribution in [0.4, 0.5) is 5.69 Å². The van der Waals surface area contributed by atoms with Crippen molar-refractivity contribution in [1.29, 1.82) is 0 Å². The summed E-state index contributed by atoms with van der Waals surface area (Å²) in [6.07, 6.45) is 5.67. The van der Waals surface area contributed by atoms with E-state index in [1.54, 1.807) is 0 Å². The Morgan fingerprint density at radius 3 is 2.95 bits per heavy atom. The lowest BCUT2D eigenvalue weighted by molar-refractivity contribution is -0.116. The highest BCUT2D eigenvalue weighted by molar-refractivity contribution is 5.94. The van der Waals surface area contributed by atoms with Gasteiger partial charge in [0, 0.05) is 24.5 Å². The van der Waals surface area contributed by atoms with Gasteiger partial charge >= 0.3 is 0 Å². The van der Waals surface area contributed by atoms with Crippen LogP contribution < -0.4 is 10.6 Å². The quantitative estimate of drug-likeness (QED) is 0.905. The number of rotatable bonds is 3. The molecule has 22 heavy (non-hydrogen) atoms. The number of anilines is 1. The van der Waals surface area contributed by atoms with E-state index in [9.17, 15) is 9.59 Å². The Balaban J connectivity index is 1.74. The largest absolute Gasteiger partial charge is 0.344 e. The van der Waals surface area contributed by atoms with Crippen molar-refractivity contribution in [3.63, 3.8) is 0 Å². The maximum atomic E-state index is 12.1. The van der Waals surface area contributed by atoms with Crippen LogP contribution in [0, 0.1) is 0 Å². The molecule has 112 valence electrons. The van der Waals surface area contributed by atoms with Crippen LogP contribution in [0.15, 0.2) is 36.8 Å². The van der Waals surface area contributed by atoms with Gasteiger partial charge < -0.3 is 10.6 Å². The van der Waals surface area contributed by atoms with E-state index in [0.29, 0.717) is 12.1 Å². The number of carbonyl (C=O) groups is 2. The lowest BCUT2D eigenvalue weighted by atomic mass is 9.98. The molecule has 1 atom stereocenters. The van der Waals surface area contributed by atoms with Crippen LogP contribution in [0.1, 0.15) is 41.0 Å². The van der Waals surface area contributed by atoms with Crippen molar-refractivity contribution in [3.8, 4) is 0 Å². The Kier molecular flexibility index (Phi) is 3.82. The summed E-state index contributed by atoms with van der Waals surface area (Å²) in [6.45, 7) is 1.91.